The average molecular weight is 488 g/mol. The van der Waals surface area contributed by atoms with Crippen LogP contribution in [0.4, 0.5) is 0 Å². The van der Waals surface area contributed by atoms with Gasteiger partial charge in [0.05, 0.1) is 34.4 Å². The molecule has 0 bridgehead atoms. The molecule has 5 heteroatoms. The van der Waals surface area contributed by atoms with Gasteiger partial charge in [-0.1, -0.05) is 59.7 Å². The summed E-state index contributed by atoms with van der Waals surface area (Å²) in [5.74, 6) is 0. The zero-order chi connectivity index (χ0) is 25.9. The van der Waals surface area contributed by atoms with E-state index < -0.39 is 0 Å². The van der Waals surface area contributed by atoms with Crippen LogP contribution in [0.3, 0.4) is 0 Å². The lowest BCUT2D eigenvalue weighted by atomic mass is 9.84. The molecule has 0 amide bonds. The Hall–Kier alpha value is -4.12. The molecule has 6 rings (SSSR count). The van der Waals surface area contributed by atoms with Crippen LogP contribution in [-0.4, -0.2) is 19.1 Å². The molecule has 186 valence electrons. The summed E-state index contributed by atoms with van der Waals surface area (Å²) in [6.07, 6.45) is 13.4. The molecule has 3 aromatic heterocycles. The number of rotatable bonds is 3. The van der Waals surface area contributed by atoms with E-state index in [1.54, 1.807) is 0 Å². The molecule has 1 N–H and O–H groups in total. The Kier molecular flexibility index (Phi) is 5.16. The van der Waals surface area contributed by atoms with Gasteiger partial charge in [-0.3, -0.25) is 9.13 Å². The molecule has 0 spiro atoms. The van der Waals surface area contributed by atoms with E-state index in [2.05, 4.69) is 116 Å². The van der Waals surface area contributed by atoms with Gasteiger partial charge in [0.25, 0.3) is 6.33 Å². The fraction of sp³-hybridized carbons (Fsp3) is 0.250. The summed E-state index contributed by atoms with van der Waals surface area (Å²) in [6, 6.07) is 19.6. The molecular weight excluding hydrogens is 454 g/mol. The zero-order valence-electron chi connectivity index (χ0n) is 22.4. The second-order valence-electron chi connectivity index (χ2n) is 11.9. The van der Waals surface area contributed by atoms with Crippen LogP contribution in [0.1, 0.15) is 52.7 Å². The summed E-state index contributed by atoms with van der Waals surface area (Å²) in [5, 5.41) is 2.44. The lowest BCUT2D eigenvalue weighted by Gasteiger charge is -2.22. The second kappa shape index (κ2) is 8.20. The van der Waals surface area contributed by atoms with Crippen LogP contribution in [0.2, 0.25) is 0 Å². The monoisotopic (exact) mass is 487 g/mol. The predicted molar refractivity (Wildman–Crippen MR) is 150 cm³/mol. The summed E-state index contributed by atoms with van der Waals surface area (Å²) in [5.41, 5.74) is 8.06. The number of H-pyrrole nitrogens is 1. The minimum atomic E-state index is -0.0100. The molecule has 0 atom stereocenters. The minimum absolute atomic E-state index is 0.00696. The highest BCUT2D eigenvalue weighted by Gasteiger charge is 2.23. The van der Waals surface area contributed by atoms with E-state index in [-0.39, 0.29) is 10.8 Å². The van der Waals surface area contributed by atoms with E-state index >= 15 is 0 Å². The Bertz CT molecular complexity index is 1720. The highest BCUT2D eigenvalue weighted by Crippen LogP contribution is 2.39. The van der Waals surface area contributed by atoms with E-state index in [1.807, 2.05) is 41.5 Å². The Morgan fingerprint density at radius 2 is 1.41 bits per heavy atom. The van der Waals surface area contributed by atoms with Gasteiger partial charge in [-0.25, -0.2) is 4.98 Å². The maximum absolute atomic E-state index is 4.33. The molecule has 3 heterocycles. The van der Waals surface area contributed by atoms with Crippen LogP contribution in [0.15, 0.2) is 85.7 Å². The van der Waals surface area contributed by atoms with Crippen molar-refractivity contribution in [1.29, 1.82) is 0 Å². The van der Waals surface area contributed by atoms with Crippen molar-refractivity contribution in [2.24, 2.45) is 0 Å². The van der Waals surface area contributed by atoms with Crippen LogP contribution in [0.25, 0.3) is 38.9 Å². The number of aromatic nitrogens is 5. The Balaban J connectivity index is 1.68. The molecule has 0 unspecified atom stereocenters. The maximum atomic E-state index is 4.33. The van der Waals surface area contributed by atoms with Gasteiger partial charge < -0.3 is 9.55 Å². The van der Waals surface area contributed by atoms with Gasteiger partial charge in [0.1, 0.15) is 0 Å². The van der Waals surface area contributed by atoms with Crippen molar-refractivity contribution in [3.8, 4) is 17.1 Å². The standard InChI is InChI=1S/C32H33N5/c1-31(2,3)22-16-25-26-17-23(32(4,5)6)19-28(37-15-14-36(21-37)24-10-8-7-9-11-24)30(26)34-29(25)27(18-22)35-13-12-33-20-35/h7-20,34H,1-6H3. The van der Waals surface area contributed by atoms with E-state index in [4.69, 9.17) is 0 Å². The molecule has 0 saturated heterocycles. The number of nitrogens with zero attached hydrogens (tertiary/aromatic N) is 4. The second-order valence-corrected chi connectivity index (χ2v) is 11.9. The van der Waals surface area contributed by atoms with Crippen molar-refractivity contribution in [1.82, 2.24) is 19.1 Å². The molecule has 3 aromatic carbocycles. The SMILES string of the molecule is CC(C)(C)c1cc(-n2[c-][n+](-c3ccccc3)cc2)c2[nH]c3c(-n4ccnc4)cc(C(C)(C)C)cc3c2c1. The quantitative estimate of drug-likeness (QED) is 0.213. The van der Waals surface area contributed by atoms with Gasteiger partial charge in [-0.2, -0.15) is 0 Å². The van der Waals surface area contributed by atoms with Gasteiger partial charge in [-0.05, 0) is 58.4 Å². The highest BCUT2D eigenvalue weighted by atomic mass is 15.1. The normalized spacial score (nSPS) is 12.6. The fourth-order valence-corrected chi connectivity index (χ4v) is 4.91. The topological polar surface area (TPSA) is 42.4 Å². The number of hydrogen-bond acceptors (Lipinski definition) is 1. The Labute approximate surface area is 218 Å². The molecule has 0 aliphatic heterocycles. The van der Waals surface area contributed by atoms with Crippen molar-refractivity contribution in [2.45, 2.75) is 52.4 Å². The third-order valence-electron chi connectivity index (χ3n) is 7.16. The minimum Gasteiger partial charge on any atom is -0.356 e. The van der Waals surface area contributed by atoms with E-state index in [1.165, 1.54) is 21.9 Å². The van der Waals surface area contributed by atoms with Gasteiger partial charge in [0.2, 0.25) is 0 Å². The lowest BCUT2D eigenvalue weighted by molar-refractivity contribution is -0.599. The average Bonchev–Trinajstić information content (AvgIpc) is 3.62. The number of imidazole rings is 2. The number of aromatic amines is 1. The summed E-state index contributed by atoms with van der Waals surface area (Å²) in [6.45, 7) is 13.6. The maximum Gasteiger partial charge on any atom is 0.268 e. The lowest BCUT2D eigenvalue weighted by Crippen LogP contribution is -2.27. The zero-order valence-corrected chi connectivity index (χ0v) is 22.4. The molecule has 37 heavy (non-hydrogen) atoms. The van der Waals surface area contributed by atoms with Gasteiger partial charge in [0.15, 0.2) is 0 Å². The molecule has 5 nitrogen and oxygen atoms in total. The predicted octanol–water partition coefficient (Wildman–Crippen LogP) is 6.97. The molecule has 6 aromatic rings. The third kappa shape index (κ3) is 4.05. The van der Waals surface area contributed by atoms with E-state index in [0.717, 1.165) is 28.1 Å². The molecule has 0 fully saturated rings. The van der Waals surface area contributed by atoms with Crippen molar-refractivity contribution >= 4 is 21.8 Å². The largest absolute Gasteiger partial charge is 0.356 e. The molecule has 0 saturated carbocycles. The van der Waals surface area contributed by atoms with E-state index in [0.29, 0.717) is 0 Å². The van der Waals surface area contributed by atoms with Crippen LogP contribution in [0, 0.1) is 6.33 Å². The van der Waals surface area contributed by atoms with Crippen LogP contribution < -0.4 is 4.57 Å². The van der Waals surface area contributed by atoms with Crippen molar-refractivity contribution < 1.29 is 4.57 Å². The first-order chi connectivity index (χ1) is 17.6. The molecular formula is C32H33N5. The number of benzene rings is 3. The van der Waals surface area contributed by atoms with Crippen molar-refractivity contribution in [2.75, 3.05) is 0 Å². The van der Waals surface area contributed by atoms with Gasteiger partial charge >= 0.3 is 0 Å². The van der Waals surface area contributed by atoms with Crippen LogP contribution >= 0.6 is 0 Å². The molecule has 0 aliphatic carbocycles. The van der Waals surface area contributed by atoms with Crippen molar-refractivity contribution in [3.05, 3.63) is 103 Å². The highest BCUT2D eigenvalue weighted by molar-refractivity contribution is 6.12. The summed E-state index contributed by atoms with van der Waals surface area (Å²) < 4.78 is 6.23. The van der Waals surface area contributed by atoms with Crippen molar-refractivity contribution in [3.63, 3.8) is 0 Å². The third-order valence-corrected chi connectivity index (χ3v) is 7.16. The number of para-hydroxylation sites is 1. The van der Waals surface area contributed by atoms with Gasteiger partial charge in [0, 0.05) is 35.6 Å². The first kappa shape index (κ1) is 23.3. The Morgan fingerprint density at radius 3 is 2.00 bits per heavy atom. The molecule has 0 aliphatic rings. The van der Waals surface area contributed by atoms with Gasteiger partial charge in [-0.15, -0.1) is 0 Å². The Morgan fingerprint density at radius 1 is 0.784 bits per heavy atom. The number of hydrogen-bond donors (Lipinski definition) is 1. The smallest absolute Gasteiger partial charge is 0.268 e. The fourth-order valence-electron chi connectivity index (χ4n) is 4.91. The van der Waals surface area contributed by atoms with Crippen LogP contribution in [-0.2, 0) is 10.8 Å². The van der Waals surface area contributed by atoms with E-state index in [9.17, 15) is 0 Å². The summed E-state index contributed by atoms with van der Waals surface area (Å²) in [4.78, 5) is 8.14. The number of fused-ring (bicyclic) bond motifs is 3. The summed E-state index contributed by atoms with van der Waals surface area (Å²) in [7, 11) is 0. The first-order valence-electron chi connectivity index (χ1n) is 12.8. The van der Waals surface area contributed by atoms with Crippen LogP contribution in [0.5, 0.6) is 0 Å². The molecule has 0 radical (unpaired) electrons. The first-order valence-corrected chi connectivity index (χ1v) is 12.8. The number of nitrogens with one attached hydrogen (secondary N) is 1. The summed E-state index contributed by atoms with van der Waals surface area (Å²) >= 11 is 0.